The molecule has 1 aliphatic rings. The standard InChI is InChI=1S/C9H9BrO2/c1-11-8-3-2-6(4-7(8)10)9-5-12-9/h2-4,9H,5H2,1H3. The van der Waals surface area contributed by atoms with Gasteiger partial charge in [-0.25, -0.2) is 0 Å². The molecule has 0 aromatic heterocycles. The molecule has 1 saturated heterocycles. The molecule has 1 aliphatic heterocycles. The molecule has 12 heavy (non-hydrogen) atoms. The summed E-state index contributed by atoms with van der Waals surface area (Å²) >= 11 is 3.42. The van der Waals surface area contributed by atoms with Crippen LogP contribution in [-0.4, -0.2) is 13.7 Å². The molecule has 1 atom stereocenters. The number of rotatable bonds is 2. The zero-order valence-electron chi connectivity index (χ0n) is 6.71. The highest BCUT2D eigenvalue weighted by Crippen LogP contribution is 2.34. The second-order valence-electron chi connectivity index (χ2n) is 2.72. The van der Waals surface area contributed by atoms with Crippen LogP contribution in [0, 0.1) is 0 Å². The maximum Gasteiger partial charge on any atom is 0.133 e. The van der Waals surface area contributed by atoms with Crippen molar-refractivity contribution in [3.05, 3.63) is 28.2 Å². The molecule has 1 aromatic carbocycles. The average Bonchev–Trinajstić information content (AvgIpc) is 2.86. The van der Waals surface area contributed by atoms with Gasteiger partial charge in [0.2, 0.25) is 0 Å². The van der Waals surface area contributed by atoms with Gasteiger partial charge in [-0.3, -0.25) is 0 Å². The Morgan fingerprint density at radius 3 is 2.83 bits per heavy atom. The van der Waals surface area contributed by atoms with Gasteiger partial charge >= 0.3 is 0 Å². The fourth-order valence-electron chi connectivity index (χ4n) is 1.12. The van der Waals surface area contributed by atoms with Crippen LogP contribution in [0.4, 0.5) is 0 Å². The van der Waals surface area contributed by atoms with Crippen molar-refractivity contribution in [3.8, 4) is 5.75 Å². The van der Waals surface area contributed by atoms with Crippen LogP contribution in [-0.2, 0) is 4.74 Å². The van der Waals surface area contributed by atoms with E-state index in [1.807, 2.05) is 18.2 Å². The number of epoxide rings is 1. The summed E-state index contributed by atoms with van der Waals surface area (Å²) in [6.45, 7) is 0.846. The van der Waals surface area contributed by atoms with E-state index in [0.717, 1.165) is 16.8 Å². The van der Waals surface area contributed by atoms with Crippen molar-refractivity contribution < 1.29 is 9.47 Å². The lowest BCUT2D eigenvalue weighted by Crippen LogP contribution is -1.86. The van der Waals surface area contributed by atoms with E-state index in [9.17, 15) is 0 Å². The molecule has 0 aliphatic carbocycles. The van der Waals surface area contributed by atoms with E-state index < -0.39 is 0 Å². The summed E-state index contributed by atoms with van der Waals surface area (Å²) < 4.78 is 11.3. The van der Waals surface area contributed by atoms with Gasteiger partial charge in [-0.1, -0.05) is 6.07 Å². The highest BCUT2D eigenvalue weighted by atomic mass is 79.9. The molecule has 1 unspecified atom stereocenters. The van der Waals surface area contributed by atoms with Crippen molar-refractivity contribution in [1.82, 2.24) is 0 Å². The van der Waals surface area contributed by atoms with Crippen LogP contribution < -0.4 is 4.74 Å². The quantitative estimate of drug-likeness (QED) is 0.727. The van der Waals surface area contributed by atoms with Gasteiger partial charge < -0.3 is 9.47 Å². The third kappa shape index (κ3) is 1.47. The van der Waals surface area contributed by atoms with Crippen LogP contribution in [0.15, 0.2) is 22.7 Å². The minimum Gasteiger partial charge on any atom is -0.496 e. The first kappa shape index (κ1) is 8.08. The Bertz CT molecular complexity index is 295. The van der Waals surface area contributed by atoms with E-state index in [0.29, 0.717) is 6.10 Å². The van der Waals surface area contributed by atoms with Crippen molar-refractivity contribution >= 4 is 15.9 Å². The van der Waals surface area contributed by atoms with Crippen LogP contribution in [0.1, 0.15) is 11.7 Å². The average molecular weight is 229 g/mol. The van der Waals surface area contributed by atoms with Crippen LogP contribution in [0.2, 0.25) is 0 Å². The topological polar surface area (TPSA) is 21.8 Å². The van der Waals surface area contributed by atoms with Crippen molar-refractivity contribution in [2.24, 2.45) is 0 Å². The van der Waals surface area contributed by atoms with Crippen LogP contribution in [0.3, 0.4) is 0 Å². The Morgan fingerprint density at radius 1 is 1.58 bits per heavy atom. The number of benzene rings is 1. The Balaban J connectivity index is 2.30. The third-order valence-electron chi connectivity index (χ3n) is 1.88. The molecule has 0 amide bonds. The third-order valence-corrected chi connectivity index (χ3v) is 2.50. The molecule has 0 saturated carbocycles. The van der Waals surface area contributed by atoms with Crippen molar-refractivity contribution in [2.45, 2.75) is 6.10 Å². The summed E-state index contributed by atoms with van der Waals surface area (Å²) in [5.74, 6) is 0.861. The first-order chi connectivity index (χ1) is 5.81. The molecule has 1 aromatic rings. The lowest BCUT2D eigenvalue weighted by Gasteiger charge is -2.03. The first-order valence-corrected chi connectivity index (χ1v) is 4.55. The van der Waals surface area contributed by atoms with E-state index in [1.54, 1.807) is 7.11 Å². The molecular weight excluding hydrogens is 220 g/mol. The van der Waals surface area contributed by atoms with Crippen LogP contribution in [0.25, 0.3) is 0 Å². The predicted octanol–water partition coefficient (Wildman–Crippen LogP) is 2.53. The Morgan fingerprint density at radius 2 is 2.33 bits per heavy atom. The van der Waals surface area contributed by atoms with Crippen LogP contribution in [0.5, 0.6) is 5.75 Å². The first-order valence-electron chi connectivity index (χ1n) is 3.76. The molecule has 1 fully saturated rings. The summed E-state index contributed by atoms with van der Waals surface area (Å²) in [6.07, 6.45) is 0.312. The molecule has 0 N–H and O–H groups in total. The number of hydrogen-bond donors (Lipinski definition) is 0. The number of halogens is 1. The smallest absolute Gasteiger partial charge is 0.133 e. The fraction of sp³-hybridized carbons (Fsp3) is 0.333. The van der Waals surface area contributed by atoms with Gasteiger partial charge in [-0.15, -0.1) is 0 Å². The highest BCUT2D eigenvalue weighted by Gasteiger charge is 2.25. The van der Waals surface area contributed by atoms with Gasteiger partial charge in [-0.05, 0) is 33.6 Å². The maximum absolute atomic E-state index is 5.16. The molecule has 3 heteroatoms. The Hall–Kier alpha value is -0.540. The largest absolute Gasteiger partial charge is 0.496 e. The monoisotopic (exact) mass is 228 g/mol. The molecular formula is C9H9BrO2. The molecule has 0 spiro atoms. The molecule has 2 nitrogen and oxygen atoms in total. The Kier molecular flexibility index (Phi) is 2.07. The number of hydrogen-bond acceptors (Lipinski definition) is 2. The van der Waals surface area contributed by atoms with Gasteiger partial charge in [0, 0.05) is 0 Å². The van der Waals surface area contributed by atoms with Gasteiger partial charge in [0.05, 0.1) is 18.2 Å². The number of methoxy groups -OCH3 is 1. The minimum atomic E-state index is 0.312. The van der Waals surface area contributed by atoms with E-state index >= 15 is 0 Å². The molecule has 64 valence electrons. The lowest BCUT2D eigenvalue weighted by atomic mass is 10.2. The SMILES string of the molecule is COc1ccc(C2CO2)cc1Br. The minimum absolute atomic E-state index is 0.312. The van der Waals surface area contributed by atoms with Crippen LogP contribution >= 0.6 is 15.9 Å². The summed E-state index contributed by atoms with van der Waals surface area (Å²) in [7, 11) is 1.66. The van der Waals surface area contributed by atoms with Crippen molar-refractivity contribution in [1.29, 1.82) is 0 Å². The van der Waals surface area contributed by atoms with E-state index in [2.05, 4.69) is 15.9 Å². The summed E-state index contributed by atoms with van der Waals surface area (Å²) in [6, 6.07) is 6.01. The van der Waals surface area contributed by atoms with E-state index in [-0.39, 0.29) is 0 Å². The summed E-state index contributed by atoms with van der Waals surface area (Å²) in [5.41, 5.74) is 1.21. The van der Waals surface area contributed by atoms with Gasteiger partial charge in [0.25, 0.3) is 0 Å². The molecule has 1 heterocycles. The molecule has 2 rings (SSSR count). The van der Waals surface area contributed by atoms with Crippen molar-refractivity contribution in [3.63, 3.8) is 0 Å². The van der Waals surface area contributed by atoms with Gasteiger partial charge in [0.15, 0.2) is 0 Å². The second kappa shape index (κ2) is 3.07. The Labute approximate surface area is 79.6 Å². The summed E-state index contributed by atoms with van der Waals surface area (Å²) in [4.78, 5) is 0. The fourth-order valence-corrected chi connectivity index (χ4v) is 1.68. The highest BCUT2D eigenvalue weighted by molar-refractivity contribution is 9.10. The van der Waals surface area contributed by atoms with E-state index in [4.69, 9.17) is 9.47 Å². The normalized spacial score (nSPS) is 20.7. The molecule has 0 bridgehead atoms. The lowest BCUT2D eigenvalue weighted by molar-refractivity contribution is 0.407. The van der Waals surface area contributed by atoms with Crippen molar-refractivity contribution in [2.75, 3.05) is 13.7 Å². The summed E-state index contributed by atoms with van der Waals surface area (Å²) in [5, 5.41) is 0. The van der Waals surface area contributed by atoms with Gasteiger partial charge in [0.1, 0.15) is 11.9 Å². The van der Waals surface area contributed by atoms with E-state index in [1.165, 1.54) is 5.56 Å². The van der Waals surface area contributed by atoms with Gasteiger partial charge in [-0.2, -0.15) is 0 Å². The predicted molar refractivity (Wildman–Crippen MR) is 49.4 cm³/mol. The zero-order chi connectivity index (χ0) is 8.55. The molecule has 0 radical (unpaired) electrons. The number of ether oxygens (including phenoxy) is 2. The second-order valence-corrected chi connectivity index (χ2v) is 3.57. The zero-order valence-corrected chi connectivity index (χ0v) is 8.30. The maximum atomic E-state index is 5.16.